The number of β-amino-alcohol motifs (C(OH)–C–C–N with tert-alkyl or cyclic N) is 1. The van der Waals surface area contributed by atoms with Gasteiger partial charge in [0.25, 0.3) is 5.91 Å². The second-order valence-corrected chi connectivity index (χ2v) is 17.1. The maximum Gasteiger partial charge on any atom is 0.273 e. The Kier molecular flexibility index (Phi) is 13.3. The third-order valence-electron chi connectivity index (χ3n) is 9.59. The summed E-state index contributed by atoms with van der Waals surface area (Å²) in [5.74, 6) is -0.00983. The first-order chi connectivity index (χ1) is 25.2. The summed E-state index contributed by atoms with van der Waals surface area (Å²) in [5, 5.41) is 19.6. The molecular formula is C42H54N6O4S. The molecule has 282 valence electrons. The van der Waals surface area contributed by atoms with Gasteiger partial charge in [-0.3, -0.25) is 19.4 Å². The molecule has 0 saturated carbocycles. The molecule has 1 aliphatic heterocycles. The molecule has 3 N–H and O–H groups in total. The Balaban J connectivity index is 1.31. The average Bonchev–Trinajstić information content (AvgIpc) is 3.14. The van der Waals surface area contributed by atoms with Crippen molar-refractivity contribution in [3.05, 3.63) is 108 Å². The number of rotatable bonds is 13. The number of fused-ring (bicyclic) bond motifs is 1. The molecule has 5 rings (SSSR count). The van der Waals surface area contributed by atoms with E-state index >= 15 is 0 Å². The Hall–Kier alpha value is -4.32. The Morgan fingerprint density at radius 3 is 2.30 bits per heavy atom. The van der Waals surface area contributed by atoms with Crippen LogP contribution in [-0.2, 0) is 21.8 Å². The summed E-state index contributed by atoms with van der Waals surface area (Å²) in [6.07, 6.45) is 4.53. The molecule has 1 aliphatic rings. The van der Waals surface area contributed by atoms with Gasteiger partial charge in [-0.15, -0.1) is 0 Å². The van der Waals surface area contributed by atoms with E-state index in [0.29, 0.717) is 23.6 Å². The lowest BCUT2D eigenvalue weighted by molar-refractivity contribution is -0.141. The van der Waals surface area contributed by atoms with E-state index in [1.807, 2.05) is 126 Å². The number of hydrogen-bond acceptors (Lipinski definition) is 8. The van der Waals surface area contributed by atoms with E-state index in [4.69, 9.17) is 0 Å². The number of aromatic nitrogens is 2. The van der Waals surface area contributed by atoms with Gasteiger partial charge in [0, 0.05) is 46.4 Å². The number of carbonyl (C=O) groups excluding carboxylic acids is 3. The third kappa shape index (κ3) is 11.1. The number of hydrogen-bond donors (Lipinski definition) is 3. The molecule has 11 heteroatoms. The second kappa shape index (κ2) is 17.7. The van der Waals surface area contributed by atoms with Crippen LogP contribution in [0.5, 0.6) is 0 Å². The summed E-state index contributed by atoms with van der Waals surface area (Å²) < 4.78 is 0. The summed E-state index contributed by atoms with van der Waals surface area (Å²) in [6, 6.07) is 23.6. The van der Waals surface area contributed by atoms with Gasteiger partial charge in [-0.2, -0.15) is 11.8 Å². The first kappa shape index (κ1) is 39.9. The van der Waals surface area contributed by atoms with E-state index in [-0.39, 0.29) is 36.6 Å². The van der Waals surface area contributed by atoms with Crippen LogP contribution in [0.15, 0.2) is 91.3 Å². The van der Waals surface area contributed by atoms with E-state index in [9.17, 15) is 19.5 Å². The normalized spacial score (nSPS) is 17.5. The summed E-state index contributed by atoms with van der Waals surface area (Å²) >= 11 is 1.85. The van der Waals surface area contributed by atoms with Crippen LogP contribution in [0, 0.1) is 0 Å². The fraction of sp³-hybridized carbons (Fsp3) is 0.452. The number of carbonyl (C=O) groups is 3. The Morgan fingerprint density at radius 1 is 0.906 bits per heavy atom. The number of para-hydroxylation sites is 1. The first-order valence-electron chi connectivity index (χ1n) is 18.4. The molecule has 10 nitrogen and oxygen atoms in total. The van der Waals surface area contributed by atoms with Crippen molar-refractivity contribution in [2.24, 2.45) is 0 Å². The molecule has 4 atom stereocenters. The van der Waals surface area contributed by atoms with E-state index < -0.39 is 29.1 Å². The van der Waals surface area contributed by atoms with Crippen molar-refractivity contribution in [2.45, 2.75) is 101 Å². The number of amides is 3. The number of thioether (sulfide) groups is 1. The zero-order valence-electron chi connectivity index (χ0n) is 31.8. The van der Waals surface area contributed by atoms with Gasteiger partial charge < -0.3 is 25.5 Å². The minimum absolute atomic E-state index is 0.0225. The topological polar surface area (TPSA) is 128 Å². The van der Waals surface area contributed by atoms with Crippen LogP contribution in [0.2, 0.25) is 0 Å². The van der Waals surface area contributed by atoms with E-state index in [2.05, 4.69) is 26.7 Å². The fourth-order valence-electron chi connectivity index (χ4n) is 6.60. The van der Waals surface area contributed by atoms with Crippen molar-refractivity contribution in [2.75, 3.05) is 19.6 Å². The number of piperidine rings is 1. The van der Waals surface area contributed by atoms with Crippen LogP contribution in [0.3, 0.4) is 0 Å². The van der Waals surface area contributed by atoms with Crippen molar-refractivity contribution < 1.29 is 19.5 Å². The standard InChI is InChI=1S/C42H54N6O4S/c1-41(2,3)47(40(52)36-24-32(20-22-44-36)53-28-30-15-12-21-43-25-30)26-37(49)35(23-29-13-8-7-9-14-29)46-38(50)27-48(42(4,5)6)39(51)34-19-18-31-16-10-11-17-33(31)45-34/h7-19,21,25,32,35-37,44,49H,20,22-24,26-28H2,1-6H3,(H,46,50)/t32-,35+,36?,37-/m1/s1. The largest absolute Gasteiger partial charge is 0.389 e. The Morgan fingerprint density at radius 2 is 1.60 bits per heavy atom. The molecule has 1 unspecified atom stereocenters. The summed E-state index contributed by atoms with van der Waals surface area (Å²) in [4.78, 5) is 54.1. The van der Waals surface area contributed by atoms with Gasteiger partial charge in [-0.1, -0.05) is 60.7 Å². The van der Waals surface area contributed by atoms with Crippen molar-refractivity contribution in [1.82, 2.24) is 30.4 Å². The lowest BCUT2D eigenvalue weighted by atomic mass is 9.96. The van der Waals surface area contributed by atoms with Gasteiger partial charge in [0.05, 0.1) is 23.7 Å². The summed E-state index contributed by atoms with van der Waals surface area (Å²) in [5.41, 5.74) is 1.73. The minimum Gasteiger partial charge on any atom is -0.389 e. The van der Waals surface area contributed by atoms with E-state index in [0.717, 1.165) is 35.2 Å². The quantitative estimate of drug-likeness (QED) is 0.161. The number of pyridine rings is 2. The first-order valence-corrected chi connectivity index (χ1v) is 19.5. The molecule has 1 fully saturated rings. The number of aliphatic hydroxyl groups excluding tert-OH is 1. The van der Waals surface area contributed by atoms with Gasteiger partial charge in [0.15, 0.2) is 0 Å². The van der Waals surface area contributed by atoms with Crippen molar-refractivity contribution in [3.8, 4) is 0 Å². The Bertz CT molecular complexity index is 1830. The van der Waals surface area contributed by atoms with Gasteiger partial charge in [-0.25, -0.2) is 4.98 Å². The van der Waals surface area contributed by atoms with E-state index in [1.54, 1.807) is 17.2 Å². The molecule has 0 bridgehead atoms. The zero-order valence-corrected chi connectivity index (χ0v) is 32.6. The van der Waals surface area contributed by atoms with Gasteiger partial charge in [0.2, 0.25) is 11.8 Å². The molecule has 1 saturated heterocycles. The molecule has 0 radical (unpaired) electrons. The lowest BCUT2D eigenvalue weighted by Crippen LogP contribution is -2.60. The molecular weight excluding hydrogens is 685 g/mol. The zero-order chi connectivity index (χ0) is 38.2. The SMILES string of the molecule is CC(C)(C)N(CC(=O)N[C@@H](Cc1ccccc1)[C@H](O)CN(C(=O)C1C[C@H](SCc2cccnc2)CCN1)C(C)(C)C)C(=O)c1ccc2ccccc2n1. The maximum atomic E-state index is 14.2. The molecule has 53 heavy (non-hydrogen) atoms. The highest BCUT2D eigenvalue weighted by Gasteiger charge is 2.38. The van der Waals surface area contributed by atoms with Crippen molar-refractivity contribution >= 4 is 40.4 Å². The monoisotopic (exact) mass is 738 g/mol. The molecule has 2 aromatic carbocycles. The number of benzene rings is 2. The Labute approximate surface area is 318 Å². The maximum absolute atomic E-state index is 14.2. The molecule has 0 aliphatic carbocycles. The van der Waals surface area contributed by atoms with Gasteiger partial charge >= 0.3 is 0 Å². The highest BCUT2D eigenvalue weighted by Crippen LogP contribution is 2.28. The van der Waals surface area contributed by atoms with Crippen LogP contribution in [0.25, 0.3) is 10.9 Å². The molecule has 0 spiro atoms. The lowest BCUT2D eigenvalue weighted by Gasteiger charge is -2.42. The van der Waals surface area contributed by atoms with Gasteiger partial charge in [0.1, 0.15) is 12.2 Å². The highest BCUT2D eigenvalue weighted by molar-refractivity contribution is 7.99. The number of nitrogens with zero attached hydrogens (tertiary/aromatic N) is 4. The van der Waals surface area contributed by atoms with Crippen molar-refractivity contribution in [3.63, 3.8) is 0 Å². The number of nitrogens with one attached hydrogen (secondary N) is 2. The van der Waals surface area contributed by atoms with Crippen LogP contribution in [0.4, 0.5) is 0 Å². The van der Waals surface area contributed by atoms with Crippen LogP contribution in [0.1, 0.15) is 76.0 Å². The number of aliphatic hydroxyl groups is 1. The summed E-state index contributed by atoms with van der Waals surface area (Å²) in [7, 11) is 0. The van der Waals surface area contributed by atoms with Crippen LogP contribution >= 0.6 is 11.8 Å². The third-order valence-corrected chi connectivity index (χ3v) is 11.0. The molecule has 2 aromatic heterocycles. The predicted molar refractivity (Wildman–Crippen MR) is 212 cm³/mol. The van der Waals surface area contributed by atoms with Crippen LogP contribution < -0.4 is 10.6 Å². The summed E-state index contributed by atoms with van der Waals surface area (Å²) in [6.45, 7) is 12.0. The van der Waals surface area contributed by atoms with Gasteiger partial charge in [-0.05, 0) is 96.7 Å². The van der Waals surface area contributed by atoms with Crippen molar-refractivity contribution in [1.29, 1.82) is 0 Å². The second-order valence-electron chi connectivity index (χ2n) is 15.8. The average molecular weight is 739 g/mol. The van der Waals surface area contributed by atoms with E-state index in [1.165, 1.54) is 4.90 Å². The molecule has 3 heterocycles. The fourth-order valence-corrected chi connectivity index (χ4v) is 7.81. The molecule has 3 amide bonds. The highest BCUT2D eigenvalue weighted by atomic mass is 32.2. The predicted octanol–water partition coefficient (Wildman–Crippen LogP) is 5.64. The van der Waals surface area contributed by atoms with Crippen LogP contribution in [-0.4, -0.2) is 96.7 Å². The smallest absolute Gasteiger partial charge is 0.273 e. The molecule has 4 aromatic rings. The minimum atomic E-state index is -1.09.